The molecule has 0 heterocycles. The molecule has 3 heteroatoms. The van der Waals surface area contributed by atoms with Gasteiger partial charge in [0.25, 0.3) is 0 Å². The number of fused-ring (bicyclic) bond motifs is 1. The summed E-state index contributed by atoms with van der Waals surface area (Å²) in [6, 6.07) is 4.54. The molecule has 0 unspecified atom stereocenters. The van der Waals surface area contributed by atoms with Gasteiger partial charge in [-0.05, 0) is 99.6 Å². The third kappa shape index (κ3) is 4.16. The van der Waals surface area contributed by atoms with Crippen LogP contribution in [0.1, 0.15) is 22.3 Å². The van der Waals surface area contributed by atoms with E-state index in [1.165, 1.54) is 22.6 Å². The van der Waals surface area contributed by atoms with Gasteiger partial charge in [0.15, 0.2) is 0 Å². The number of hydrogen-bond acceptors (Lipinski definition) is 2. The molecule has 23 heavy (non-hydrogen) atoms. The van der Waals surface area contributed by atoms with Crippen molar-refractivity contribution in [1.82, 2.24) is 0 Å². The maximum atomic E-state index is 9.25. The van der Waals surface area contributed by atoms with Crippen molar-refractivity contribution in [3.8, 4) is 6.07 Å². The normalized spacial score (nSPS) is 19.0. The first-order chi connectivity index (χ1) is 10.8. The second-order valence-electron chi connectivity index (χ2n) is 5.21. The van der Waals surface area contributed by atoms with Crippen LogP contribution in [0.4, 0.5) is 0 Å². The summed E-state index contributed by atoms with van der Waals surface area (Å²) in [7, 11) is 0. The molecule has 0 aliphatic heterocycles. The number of nitrogens with zero attached hydrogens (tertiary/aromatic N) is 1. The van der Waals surface area contributed by atoms with Crippen LogP contribution >= 0.6 is 11.8 Å². The van der Waals surface area contributed by atoms with E-state index in [2.05, 4.69) is 37.8 Å². The Balaban J connectivity index is 0.000000276. The van der Waals surface area contributed by atoms with Gasteiger partial charge in [-0.25, -0.2) is 0 Å². The summed E-state index contributed by atoms with van der Waals surface area (Å²) in [5, 5.41) is 9.25. The maximum Gasteiger partial charge on any atom is 2.00 e. The van der Waals surface area contributed by atoms with Gasteiger partial charge in [0, 0.05) is 10.8 Å². The molecule has 0 spiro atoms. The first-order valence-electron chi connectivity index (χ1n) is 7.36. The molecule has 3 aliphatic carbocycles. The van der Waals surface area contributed by atoms with Crippen LogP contribution in [-0.4, -0.2) is 6.26 Å². The Morgan fingerprint density at radius 2 is 1.48 bits per heavy atom. The van der Waals surface area contributed by atoms with Crippen LogP contribution in [0, 0.1) is 75.0 Å². The number of thioether (sulfide) groups is 1. The van der Waals surface area contributed by atoms with Gasteiger partial charge in [-0.15, -0.1) is 11.8 Å². The molecule has 4 rings (SSSR count). The largest absolute Gasteiger partial charge is 2.00 e. The van der Waals surface area contributed by atoms with Crippen LogP contribution in [-0.2, 0) is 29.9 Å². The van der Waals surface area contributed by atoms with Gasteiger partial charge in [-0.2, -0.15) is 5.26 Å². The zero-order valence-electron chi connectivity index (χ0n) is 12.9. The number of rotatable bonds is 2. The zero-order chi connectivity index (χ0) is 15.4. The predicted octanol–water partition coefficient (Wildman–Crippen LogP) is 4.15. The average Bonchev–Trinajstić information content (AvgIpc) is 3.22. The van der Waals surface area contributed by atoms with E-state index in [0.29, 0.717) is 0 Å². The standard InChI is InChI=1S/C15H12NS.C5H5.Fe/c1-17-15-8-13(10-4-2-3-5-10)11-6-7-12(11)14(15)9-16;1-2-4-5-3-1;/h2-5,8H,6-7H2,1H3;1-5H;/q;;+2. The second-order valence-corrected chi connectivity index (χ2v) is 6.05. The molecule has 2 saturated carbocycles. The maximum absolute atomic E-state index is 9.25. The molecule has 1 aromatic carbocycles. The average molecular weight is 359 g/mol. The summed E-state index contributed by atoms with van der Waals surface area (Å²) in [6.07, 6.45) is 22.6. The Morgan fingerprint density at radius 1 is 0.913 bits per heavy atom. The molecule has 0 atom stereocenters. The van der Waals surface area contributed by atoms with E-state index in [1.54, 1.807) is 11.8 Å². The molecular formula is C20H17FeNS+2. The van der Waals surface area contributed by atoms with Crippen molar-refractivity contribution in [2.45, 2.75) is 17.7 Å². The van der Waals surface area contributed by atoms with Crippen LogP contribution < -0.4 is 0 Å². The summed E-state index contributed by atoms with van der Waals surface area (Å²) in [4.78, 5) is 1.11. The Labute approximate surface area is 156 Å². The topological polar surface area (TPSA) is 23.8 Å². The minimum atomic E-state index is 0. The molecule has 0 N–H and O–H groups in total. The van der Waals surface area contributed by atoms with Crippen LogP contribution in [0.15, 0.2) is 11.0 Å². The summed E-state index contributed by atoms with van der Waals surface area (Å²) < 4.78 is 0. The Hall–Kier alpha value is -0.421. The van der Waals surface area contributed by atoms with Crippen molar-refractivity contribution in [3.05, 3.63) is 92.0 Å². The third-order valence-electron chi connectivity index (χ3n) is 4.00. The first kappa shape index (κ1) is 18.9. The third-order valence-corrected chi connectivity index (χ3v) is 4.76. The van der Waals surface area contributed by atoms with Gasteiger partial charge in [0.1, 0.15) is 6.07 Å². The SMILES string of the molecule is CSc1cc([C]2[CH][CH][CH][CH]2)c2c(c1C#N)CC2.[CH]1[CH][CH][CH][CH]1.[Fe+2]. The molecule has 1 aromatic rings. The van der Waals surface area contributed by atoms with Gasteiger partial charge < -0.3 is 0 Å². The molecule has 0 amide bonds. The van der Waals surface area contributed by atoms with Crippen molar-refractivity contribution in [1.29, 1.82) is 5.26 Å². The number of nitriles is 1. The summed E-state index contributed by atoms with van der Waals surface area (Å²) in [6.45, 7) is 0. The fourth-order valence-corrected chi connectivity index (χ4v) is 3.41. The van der Waals surface area contributed by atoms with Gasteiger partial charge in [-0.1, -0.05) is 0 Å². The summed E-state index contributed by atoms with van der Waals surface area (Å²) >= 11 is 1.67. The zero-order valence-corrected chi connectivity index (χ0v) is 14.8. The number of benzene rings is 1. The van der Waals surface area contributed by atoms with E-state index in [4.69, 9.17) is 0 Å². The molecule has 1 nitrogen and oxygen atoms in total. The Morgan fingerprint density at radius 3 is 1.91 bits per heavy atom. The predicted molar refractivity (Wildman–Crippen MR) is 91.4 cm³/mol. The number of hydrogen-bond donors (Lipinski definition) is 0. The van der Waals surface area contributed by atoms with Gasteiger partial charge in [0.2, 0.25) is 0 Å². The molecule has 0 aromatic heterocycles. The molecule has 0 bridgehead atoms. The van der Waals surface area contributed by atoms with E-state index < -0.39 is 0 Å². The van der Waals surface area contributed by atoms with Crippen LogP contribution in [0.2, 0.25) is 0 Å². The fourth-order valence-electron chi connectivity index (χ4n) is 2.80. The van der Waals surface area contributed by atoms with Crippen molar-refractivity contribution < 1.29 is 17.1 Å². The summed E-state index contributed by atoms with van der Waals surface area (Å²) in [5.74, 6) is 1.28. The smallest absolute Gasteiger partial charge is 0.192 e. The van der Waals surface area contributed by atoms with Crippen molar-refractivity contribution in [2.75, 3.05) is 6.26 Å². The van der Waals surface area contributed by atoms with Crippen LogP contribution in [0.25, 0.3) is 0 Å². The molecular weight excluding hydrogens is 342 g/mol. The van der Waals surface area contributed by atoms with Crippen molar-refractivity contribution in [3.63, 3.8) is 0 Å². The van der Waals surface area contributed by atoms with E-state index >= 15 is 0 Å². The summed E-state index contributed by atoms with van der Waals surface area (Å²) in [5.41, 5.74) is 4.87. The first-order valence-corrected chi connectivity index (χ1v) is 8.59. The molecule has 10 radical (unpaired) electrons. The van der Waals surface area contributed by atoms with Gasteiger partial charge in [-0.3, -0.25) is 0 Å². The molecule has 2 fully saturated rings. The minimum absolute atomic E-state index is 0. The van der Waals surface area contributed by atoms with Crippen LogP contribution in [0.5, 0.6) is 0 Å². The van der Waals surface area contributed by atoms with E-state index in [-0.39, 0.29) is 17.1 Å². The van der Waals surface area contributed by atoms with Crippen LogP contribution in [0.3, 0.4) is 0 Å². The molecule has 0 saturated heterocycles. The van der Waals surface area contributed by atoms with Gasteiger partial charge >= 0.3 is 17.1 Å². The van der Waals surface area contributed by atoms with Crippen molar-refractivity contribution >= 4 is 11.8 Å². The van der Waals surface area contributed by atoms with E-state index in [1.807, 2.05) is 38.4 Å². The fraction of sp³-hybridized carbons (Fsp3) is 0.150. The quantitative estimate of drug-likeness (QED) is 0.585. The van der Waals surface area contributed by atoms with Gasteiger partial charge in [0.05, 0.1) is 5.56 Å². The van der Waals surface area contributed by atoms with E-state index in [9.17, 15) is 5.26 Å². The monoisotopic (exact) mass is 359 g/mol. The van der Waals surface area contributed by atoms with Crippen molar-refractivity contribution in [2.24, 2.45) is 0 Å². The second kappa shape index (κ2) is 9.16. The molecule has 3 aliphatic rings. The Kier molecular flexibility index (Phi) is 7.54. The minimum Gasteiger partial charge on any atom is -0.192 e. The van der Waals surface area contributed by atoms with E-state index in [0.717, 1.165) is 23.3 Å². The Bertz CT molecular complexity index is 558. The molecule has 114 valence electrons.